The van der Waals surface area contributed by atoms with Crippen LogP contribution < -0.4 is 0 Å². The van der Waals surface area contributed by atoms with Crippen LogP contribution in [-0.4, -0.2) is 59.0 Å². The van der Waals surface area contributed by atoms with Gasteiger partial charge < -0.3 is 4.48 Å². The van der Waals surface area contributed by atoms with E-state index in [1.165, 1.54) is 62.6 Å². The Hall–Kier alpha value is -0.130. The molecule has 5 nitrogen and oxygen atoms in total. The number of unbranched alkanes of at least 4 members (excludes halogenated alkanes) is 2. The van der Waals surface area contributed by atoms with Gasteiger partial charge in [-0.3, -0.25) is 0 Å². The fraction of sp³-hybridized carbons (Fsp3) is 1.00. The molecule has 1 fully saturated rings. The van der Waals surface area contributed by atoms with Crippen molar-refractivity contribution < 1.29 is 47.7 Å². The molecule has 0 atom stereocenters. The van der Waals surface area contributed by atoms with Crippen molar-refractivity contribution in [1.29, 1.82) is 0 Å². The fourth-order valence-electron chi connectivity index (χ4n) is 2.52. The number of hydrogen-bond acceptors (Lipinski definition) is 4. The molecule has 14 heteroatoms. The minimum atomic E-state index is -6.26. The summed E-state index contributed by atoms with van der Waals surface area (Å²) in [6.45, 7) is 2.70. The number of nitrogens with zero attached hydrogens (tertiary/aromatic N) is 1. The smallest absolute Gasteiger partial charge is 0.326 e. The van der Waals surface area contributed by atoms with Crippen molar-refractivity contribution in [3.05, 3.63) is 0 Å². The van der Waals surface area contributed by atoms with Crippen LogP contribution in [-0.2, 0) is 18.9 Å². The van der Waals surface area contributed by atoms with Gasteiger partial charge in [0.2, 0.25) is 6.98 Å². The van der Waals surface area contributed by atoms with Gasteiger partial charge in [-0.2, -0.15) is 43.2 Å². The van der Waals surface area contributed by atoms with Crippen molar-refractivity contribution in [1.82, 2.24) is 0 Å². The number of halogens is 6. The first-order valence-electron chi connectivity index (χ1n) is 8.28. The number of likely N-dealkylation sites (tertiary alicyclic amines) is 1. The number of alkyl halides is 6. The third-order valence-corrected chi connectivity index (χ3v) is 13.6. The Kier molecular flexibility index (Phi) is 10.0. The Morgan fingerprint density at radius 2 is 1.22 bits per heavy atom. The Morgan fingerprint density at radius 3 is 1.56 bits per heavy atom. The summed E-state index contributed by atoms with van der Waals surface area (Å²) < 4.78 is 111. The summed E-state index contributed by atoms with van der Waals surface area (Å²) >= 11 is 0. The lowest BCUT2D eigenvalue weighted by Gasteiger charge is -2.37. The van der Waals surface area contributed by atoms with Crippen molar-refractivity contribution in [2.24, 2.45) is 0 Å². The van der Waals surface area contributed by atoms with E-state index in [2.05, 4.69) is 14.0 Å². The largest absolute Gasteiger partial charge is 0.531 e. The molecule has 0 radical (unpaired) electrons. The maximum absolute atomic E-state index is 11.6. The van der Waals surface area contributed by atoms with Gasteiger partial charge in [0.15, 0.2) is 0 Å². The van der Waals surface area contributed by atoms with Crippen LogP contribution in [0.1, 0.15) is 45.4 Å². The van der Waals surface area contributed by atoms with Gasteiger partial charge in [-0.1, -0.05) is 13.3 Å². The molecule has 0 aromatic rings. The van der Waals surface area contributed by atoms with E-state index >= 15 is 0 Å². The first kappa shape index (κ1) is 26.9. The van der Waals surface area contributed by atoms with Crippen molar-refractivity contribution >= 4 is 25.9 Å². The molecule has 0 unspecified atom stereocenters. The average Bonchev–Trinajstić information content (AvgIpc) is 2.45. The molecule has 0 aromatic heterocycles. The lowest BCUT2D eigenvalue weighted by atomic mass is 10.1. The van der Waals surface area contributed by atoms with Crippen molar-refractivity contribution in [3.63, 3.8) is 0 Å². The molecule has 164 valence electrons. The first-order valence-corrected chi connectivity index (χ1v) is 14.2. The van der Waals surface area contributed by atoms with E-state index in [4.69, 9.17) is 0 Å². The maximum atomic E-state index is 11.6. The minimum Gasteiger partial charge on any atom is -0.326 e. The van der Waals surface area contributed by atoms with Crippen LogP contribution in [0, 0.1) is 0 Å². The third kappa shape index (κ3) is 9.27. The van der Waals surface area contributed by atoms with Gasteiger partial charge in [0.25, 0.3) is 0 Å². The second kappa shape index (κ2) is 10.1. The van der Waals surface area contributed by atoms with Crippen LogP contribution in [0.4, 0.5) is 26.3 Å². The molecule has 0 N–H and O–H groups in total. The molecule has 0 amide bonds. The molecule has 1 aliphatic rings. The highest BCUT2D eigenvalue weighted by Crippen LogP contribution is 2.46. The summed E-state index contributed by atoms with van der Waals surface area (Å²) in [6, 6.07) is 0. The topological polar surface area (TPSA) is 68.3 Å². The number of quaternary nitrogens is 1. The predicted molar refractivity (Wildman–Crippen MR) is 93.8 cm³/mol. The molecular weight excluding hydrogens is 443 g/mol. The van der Waals surface area contributed by atoms with Gasteiger partial charge in [-0.15, -0.1) is 0 Å². The Morgan fingerprint density at radius 1 is 0.815 bits per heavy atom. The van der Waals surface area contributed by atoms with Crippen LogP contribution in [0.2, 0.25) is 0 Å². The Bertz CT molecular complexity index is 613. The summed E-state index contributed by atoms with van der Waals surface area (Å²) in [5, 5.41) is 0. The van der Waals surface area contributed by atoms with Crippen molar-refractivity contribution in [2.75, 3.05) is 26.7 Å². The van der Waals surface area contributed by atoms with Crippen LogP contribution in [0.25, 0.3) is 0 Å². The zero-order chi connectivity index (χ0) is 21.6. The zero-order valence-corrected chi connectivity index (χ0v) is 17.9. The molecule has 1 saturated heterocycles. The van der Waals surface area contributed by atoms with Gasteiger partial charge in [0.1, 0.15) is 0 Å². The van der Waals surface area contributed by atoms with E-state index < -0.39 is 36.9 Å². The minimum absolute atomic E-state index is 1.36. The molecule has 0 aliphatic carbocycles. The molecule has 0 saturated carbocycles. The molecule has 0 bridgehead atoms. The standard InChI is InChI=1S/C11H24N.C2HF6O4PS2/c1-3-4-6-9-12(2)10-7-5-8-11-12;3-1(4,5)14(9,10)13-15(11,12)2(6,7)8/h3-11H2,1-2H3;13H/q+1;/p+1. The molecule has 1 rings (SSSR count). The summed E-state index contributed by atoms with van der Waals surface area (Å²) in [5.41, 5.74) is -12.0. The maximum Gasteiger partial charge on any atom is 0.531 e. The van der Waals surface area contributed by atoms with E-state index in [0.29, 0.717) is 0 Å². The summed E-state index contributed by atoms with van der Waals surface area (Å²) in [7, 11) is -10.1. The van der Waals surface area contributed by atoms with E-state index in [1.807, 2.05) is 0 Å². The fourth-order valence-corrected chi connectivity index (χ4v) is 9.69. The second-order valence-corrected chi connectivity index (χ2v) is 16.0. The lowest BCUT2D eigenvalue weighted by Crippen LogP contribution is -2.48. The summed E-state index contributed by atoms with van der Waals surface area (Å²) in [5.74, 6) is 0. The Labute approximate surface area is 157 Å². The van der Waals surface area contributed by atoms with Crippen LogP contribution in [0.3, 0.4) is 0 Å². The van der Waals surface area contributed by atoms with Gasteiger partial charge in [-0.05, 0) is 32.1 Å². The summed E-state index contributed by atoms with van der Waals surface area (Å²) in [4.78, 5) is 0. The van der Waals surface area contributed by atoms with Crippen LogP contribution >= 0.6 is 6.98 Å². The number of piperidine rings is 1. The highest BCUT2D eigenvalue weighted by atomic mass is 33.1. The molecule has 0 aromatic carbocycles. The quantitative estimate of drug-likeness (QED) is 0.256. The predicted octanol–water partition coefficient (Wildman–Crippen LogP) is 3.90. The third-order valence-electron chi connectivity index (χ3n) is 4.10. The SMILES string of the molecule is CCCCC[N+]1(C)CCCCC1.O=S(=O)([PH2+]S(=O)(=O)C(F)(F)F)C(F)(F)F. The average molecular weight is 469 g/mol. The molecule has 1 heterocycles. The molecule has 1 aliphatic heterocycles. The van der Waals surface area contributed by atoms with Crippen molar-refractivity contribution in [2.45, 2.75) is 56.5 Å². The van der Waals surface area contributed by atoms with Crippen molar-refractivity contribution in [3.8, 4) is 0 Å². The molecule has 27 heavy (non-hydrogen) atoms. The normalized spacial score (nSPS) is 18.5. The van der Waals surface area contributed by atoms with Gasteiger partial charge in [-0.25, -0.2) is 0 Å². The van der Waals surface area contributed by atoms with E-state index in [0.717, 1.165) is 0 Å². The molecular formula is C13H26F6NO4PS2+2. The number of rotatable bonds is 6. The van der Waals surface area contributed by atoms with Gasteiger partial charge in [0.05, 0.1) is 26.7 Å². The highest BCUT2D eigenvalue weighted by Gasteiger charge is 2.61. The second-order valence-electron chi connectivity index (χ2n) is 6.64. The lowest BCUT2D eigenvalue weighted by molar-refractivity contribution is -0.914. The van der Waals surface area contributed by atoms with Gasteiger partial charge in [0, 0.05) is 0 Å². The van der Waals surface area contributed by atoms with E-state index in [1.54, 1.807) is 0 Å². The summed E-state index contributed by atoms with van der Waals surface area (Å²) in [6.07, 6.45) is 8.62. The Balaban J connectivity index is 0.000000511. The number of hydrogen-bond donors (Lipinski definition) is 0. The van der Waals surface area contributed by atoms with E-state index in [-0.39, 0.29) is 0 Å². The monoisotopic (exact) mass is 469 g/mol. The molecule has 0 spiro atoms. The van der Waals surface area contributed by atoms with Crippen LogP contribution in [0.15, 0.2) is 0 Å². The zero-order valence-electron chi connectivity index (χ0n) is 15.1. The van der Waals surface area contributed by atoms with E-state index in [9.17, 15) is 43.2 Å². The first-order chi connectivity index (χ1) is 12.0. The highest BCUT2D eigenvalue weighted by molar-refractivity contribution is 8.76. The van der Waals surface area contributed by atoms with Crippen LogP contribution in [0.5, 0.6) is 0 Å². The van der Waals surface area contributed by atoms with Gasteiger partial charge >= 0.3 is 29.9 Å².